The molecule has 86 valence electrons. The first-order chi connectivity index (χ1) is 7.16. The van der Waals surface area contributed by atoms with E-state index in [4.69, 9.17) is 9.84 Å². The van der Waals surface area contributed by atoms with Crippen molar-refractivity contribution in [2.75, 3.05) is 33.4 Å². The maximum atomic E-state index is 10.7. The summed E-state index contributed by atoms with van der Waals surface area (Å²) >= 11 is 0. The summed E-state index contributed by atoms with van der Waals surface area (Å²) in [7, 11) is 1.74. The Morgan fingerprint density at radius 1 is 1.67 bits per heavy atom. The highest BCUT2D eigenvalue weighted by Crippen LogP contribution is 2.48. The molecule has 4 nitrogen and oxygen atoms in total. The molecule has 0 aromatic heterocycles. The van der Waals surface area contributed by atoms with Gasteiger partial charge in [0, 0.05) is 25.6 Å². The lowest BCUT2D eigenvalue weighted by Crippen LogP contribution is -2.33. The van der Waals surface area contributed by atoms with E-state index >= 15 is 0 Å². The molecular weight excluding hydrogens is 194 g/mol. The molecule has 0 amide bonds. The Kier molecular flexibility index (Phi) is 2.98. The second-order valence-electron chi connectivity index (χ2n) is 4.95. The Labute approximate surface area is 90.2 Å². The van der Waals surface area contributed by atoms with Crippen molar-refractivity contribution >= 4 is 5.97 Å². The third-order valence-electron chi connectivity index (χ3n) is 3.90. The molecule has 2 rings (SSSR count). The molecule has 1 N–H and O–H groups in total. The fourth-order valence-electron chi connectivity index (χ4n) is 3.36. The lowest BCUT2D eigenvalue weighted by molar-refractivity contribution is -0.138. The summed E-state index contributed by atoms with van der Waals surface area (Å²) < 4.78 is 5.31. The van der Waals surface area contributed by atoms with Gasteiger partial charge in [-0.15, -0.1) is 0 Å². The predicted molar refractivity (Wildman–Crippen MR) is 55.7 cm³/mol. The van der Waals surface area contributed by atoms with Gasteiger partial charge in [0.05, 0.1) is 13.2 Å². The summed E-state index contributed by atoms with van der Waals surface area (Å²) in [6.45, 7) is 2.81. The summed E-state index contributed by atoms with van der Waals surface area (Å²) in [6, 6.07) is 0. The standard InChI is InChI=1S/C11H19NO3/c1-15-8-11-4-2-3-9(11)5-12(7-11)6-10(13)14/h9H,2-8H2,1H3,(H,13,14)/t9-,11-/m1/s1. The lowest BCUT2D eigenvalue weighted by atomic mass is 9.82. The van der Waals surface area contributed by atoms with Crippen molar-refractivity contribution in [1.82, 2.24) is 4.90 Å². The van der Waals surface area contributed by atoms with E-state index in [2.05, 4.69) is 4.90 Å². The van der Waals surface area contributed by atoms with Crippen molar-refractivity contribution in [3.8, 4) is 0 Å². The van der Waals surface area contributed by atoms with Crippen molar-refractivity contribution in [3.63, 3.8) is 0 Å². The number of likely N-dealkylation sites (tertiary alicyclic amines) is 1. The first-order valence-corrected chi connectivity index (χ1v) is 5.59. The SMILES string of the molecule is COC[C@]12CCC[C@@H]1CN(CC(=O)O)C2. The maximum Gasteiger partial charge on any atom is 0.317 e. The zero-order valence-electron chi connectivity index (χ0n) is 9.24. The van der Waals surface area contributed by atoms with E-state index in [0.29, 0.717) is 5.92 Å². The van der Waals surface area contributed by atoms with Crippen molar-refractivity contribution in [1.29, 1.82) is 0 Å². The van der Waals surface area contributed by atoms with Gasteiger partial charge in [-0.1, -0.05) is 6.42 Å². The Morgan fingerprint density at radius 3 is 3.13 bits per heavy atom. The molecule has 0 bridgehead atoms. The molecule has 2 fully saturated rings. The highest BCUT2D eigenvalue weighted by Gasteiger charge is 2.49. The second kappa shape index (κ2) is 4.10. The number of aliphatic carboxylic acids is 1. The minimum absolute atomic E-state index is 0.183. The molecule has 0 aromatic rings. The van der Waals surface area contributed by atoms with Crippen LogP contribution in [0.2, 0.25) is 0 Å². The molecule has 15 heavy (non-hydrogen) atoms. The van der Waals surface area contributed by atoms with Crippen molar-refractivity contribution in [2.24, 2.45) is 11.3 Å². The summed E-state index contributed by atoms with van der Waals surface area (Å²) in [5, 5.41) is 8.78. The van der Waals surface area contributed by atoms with Crippen LogP contribution in [0.1, 0.15) is 19.3 Å². The topological polar surface area (TPSA) is 49.8 Å². The van der Waals surface area contributed by atoms with Crippen molar-refractivity contribution < 1.29 is 14.6 Å². The molecule has 0 aromatic carbocycles. The number of carbonyl (C=O) groups is 1. The number of ether oxygens (including phenoxy) is 1. The third kappa shape index (κ3) is 2.01. The molecule has 1 saturated carbocycles. The summed E-state index contributed by atoms with van der Waals surface area (Å²) in [4.78, 5) is 12.7. The van der Waals surface area contributed by atoms with Crippen LogP contribution in [0, 0.1) is 11.3 Å². The van der Waals surface area contributed by atoms with Gasteiger partial charge in [-0.05, 0) is 18.8 Å². The highest BCUT2D eigenvalue weighted by molar-refractivity contribution is 5.69. The summed E-state index contributed by atoms with van der Waals surface area (Å²) in [6.07, 6.45) is 3.70. The molecule has 4 heteroatoms. The number of rotatable bonds is 4. The summed E-state index contributed by atoms with van der Waals surface area (Å²) in [5.41, 5.74) is 0.254. The molecule has 2 aliphatic rings. The number of methoxy groups -OCH3 is 1. The number of fused-ring (bicyclic) bond motifs is 1. The maximum absolute atomic E-state index is 10.7. The fourth-order valence-corrected chi connectivity index (χ4v) is 3.36. The molecule has 1 saturated heterocycles. The van der Waals surface area contributed by atoms with Crippen molar-refractivity contribution in [2.45, 2.75) is 19.3 Å². The smallest absolute Gasteiger partial charge is 0.317 e. The van der Waals surface area contributed by atoms with Gasteiger partial charge in [-0.2, -0.15) is 0 Å². The molecule has 0 unspecified atom stereocenters. The van der Waals surface area contributed by atoms with Gasteiger partial charge in [0.15, 0.2) is 0 Å². The van der Waals surface area contributed by atoms with E-state index in [0.717, 1.165) is 19.7 Å². The van der Waals surface area contributed by atoms with Crippen LogP contribution in [-0.4, -0.2) is 49.3 Å². The molecule has 1 aliphatic heterocycles. The van der Waals surface area contributed by atoms with Crippen LogP contribution in [0.5, 0.6) is 0 Å². The number of hydrogen-bond acceptors (Lipinski definition) is 3. The van der Waals surface area contributed by atoms with E-state index in [1.54, 1.807) is 7.11 Å². The van der Waals surface area contributed by atoms with Crippen LogP contribution in [0.3, 0.4) is 0 Å². The van der Waals surface area contributed by atoms with Crippen LogP contribution in [0.15, 0.2) is 0 Å². The average Bonchev–Trinajstić information content (AvgIpc) is 2.59. The van der Waals surface area contributed by atoms with Gasteiger partial charge < -0.3 is 9.84 Å². The van der Waals surface area contributed by atoms with E-state index in [1.165, 1.54) is 19.3 Å². The van der Waals surface area contributed by atoms with Gasteiger partial charge in [0.1, 0.15) is 0 Å². The number of carboxylic acids is 1. The Hall–Kier alpha value is -0.610. The first kappa shape index (κ1) is 10.9. The van der Waals surface area contributed by atoms with Gasteiger partial charge in [0.2, 0.25) is 0 Å². The van der Waals surface area contributed by atoms with Crippen LogP contribution < -0.4 is 0 Å². The first-order valence-electron chi connectivity index (χ1n) is 5.59. The van der Waals surface area contributed by atoms with Gasteiger partial charge in [-0.3, -0.25) is 9.69 Å². The molecule has 0 spiro atoms. The zero-order valence-corrected chi connectivity index (χ0v) is 9.24. The average molecular weight is 213 g/mol. The van der Waals surface area contributed by atoms with Gasteiger partial charge in [0.25, 0.3) is 0 Å². The normalized spacial score (nSPS) is 35.7. The Morgan fingerprint density at radius 2 is 2.47 bits per heavy atom. The van der Waals surface area contributed by atoms with E-state index in [9.17, 15) is 4.79 Å². The largest absolute Gasteiger partial charge is 0.480 e. The molecular formula is C11H19NO3. The highest BCUT2D eigenvalue weighted by atomic mass is 16.5. The van der Waals surface area contributed by atoms with Gasteiger partial charge >= 0.3 is 5.97 Å². The predicted octanol–water partition coefficient (Wildman–Crippen LogP) is 0.820. The monoisotopic (exact) mass is 213 g/mol. The zero-order chi connectivity index (χ0) is 10.9. The minimum atomic E-state index is -0.720. The lowest BCUT2D eigenvalue weighted by Gasteiger charge is -2.27. The molecule has 1 heterocycles. The number of carboxylic acid groups (broad SMARTS) is 1. The van der Waals surface area contributed by atoms with E-state index < -0.39 is 5.97 Å². The fraction of sp³-hybridized carbons (Fsp3) is 0.909. The molecule has 1 aliphatic carbocycles. The second-order valence-corrected chi connectivity index (χ2v) is 4.95. The Bertz CT molecular complexity index is 256. The molecule has 2 atom stereocenters. The van der Waals surface area contributed by atoms with E-state index in [1.807, 2.05) is 0 Å². The quantitative estimate of drug-likeness (QED) is 0.751. The van der Waals surface area contributed by atoms with Crippen molar-refractivity contribution in [3.05, 3.63) is 0 Å². The number of hydrogen-bond donors (Lipinski definition) is 1. The third-order valence-corrected chi connectivity index (χ3v) is 3.90. The molecule has 0 radical (unpaired) electrons. The van der Waals surface area contributed by atoms with E-state index in [-0.39, 0.29) is 12.0 Å². The Balaban J connectivity index is 2.00. The van der Waals surface area contributed by atoms with Crippen LogP contribution in [-0.2, 0) is 9.53 Å². The van der Waals surface area contributed by atoms with Crippen LogP contribution in [0.4, 0.5) is 0 Å². The van der Waals surface area contributed by atoms with Crippen LogP contribution in [0.25, 0.3) is 0 Å². The minimum Gasteiger partial charge on any atom is -0.480 e. The van der Waals surface area contributed by atoms with Crippen LogP contribution >= 0.6 is 0 Å². The van der Waals surface area contributed by atoms with Gasteiger partial charge in [-0.25, -0.2) is 0 Å². The summed E-state index contributed by atoms with van der Waals surface area (Å²) in [5.74, 6) is -0.0701. The number of nitrogens with zero attached hydrogens (tertiary/aromatic N) is 1.